The fourth-order valence-corrected chi connectivity index (χ4v) is 2.69. The van der Waals surface area contributed by atoms with E-state index in [0.717, 1.165) is 6.07 Å². The van der Waals surface area contributed by atoms with Gasteiger partial charge in [0.2, 0.25) is 0 Å². The van der Waals surface area contributed by atoms with Crippen molar-refractivity contribution in [3.05, 3.63) is 28.5 Å². The second-order valence-electron chi connectivity index (χ2n) is 5.39. The van der Waals surface area contributed by atoms with E-state index in [9.17, 15) is 19.1 Å². The summed E-state index contributed by atoms with van der Waals surface area (Å²) >= 11 is 5.76. The van der Waals surface area contributed by atoms with Crippen LogP contribution in [0.1, 0.15) is 30.1 Å². The smallest absolute Gasteiger partial charge is 0.338 e. The van der Waals surface area contributed by atoms with Crippen LogP contribution in [0.4, 0.5) is 10.1 Å². The lowest BCUT2D eigenvalue weighted by Gasteiger charge is -2.36. The van der Waals surface area contributed by atoms with Crippen LogP contribution in [0, 0.1) is 5.82 Å². The molecule has 0 aliphatic carbocycles. The van der Waals surface area contributed by atoms with Crippen molar-refractivity contribution in [1.29, 1.82) is 0 Å². The Morgan fingerprint density at radius 2 is 2.04 bits per heavy atom. The fraction of sp³-hybridized carbons (Fsp3) is 0.467. The number of benzene rings is 1. The number of piperidine rings is 1. The number of likely N-dealkylation sites (tertiary alicyclic amines) is 1. The predicted octanol–water partition coefficient (Wildman–Crippen LogP) is 1.59. The van der Waals surface area contributed by atoms with E-state index in [2.05, 4.69) is 0 Å². The SMILES string of the molecule is CCOC(=O)C1(O)CCN(C(=O)c2cc(Cl)cc(F)c2N)CC1. The van der Waals surface area contributed by atoms with E-state index >= 15 is 0 Å². The number of nitrogens with zero attached hydrogens (tertiary/aromatic N) is 1. The third-order valence-corrected chi connectivity index (χ3v) is 4.08. The molecule has 0 saturated carbocycles. The lowest BCUT2D eigenvalue weighted by Crippen LogP contribution is -2.51. The van der Waals surface area contributed by atoms with Gasteiger partial charge in [-0.05, 0) is 19.1 Å². The molecule has 3 N–H and O–H groups in total. The largest absolute Gasteiger partial charge is 0.464 e. The molecule has 0 atom stereocenters. The molecule has 1 aromatic carbocycles. The van der Waals surface area contributed by atoms with E-state index in [1.54, 1.807) is 6.92 Å². The van der Waals surface area contributed by atoms with Gasteiger partial charge in [0.05, 0.1) is 17.9 Å². The zero-order valence-corrected chi connectivity index (χ0v) is 13.4. The number of ether oxygens (including phenoxy) is 1. The molecule has 1 aromatic rings. The number of rotatable bonds is 3. The number of halogens is 2. The molecular formula is C15H18ClFN2O4. The van der Waals surface area contributed by atoms with Crippen molar-refractivity contribution in [3.63, 3.8) is 0 Å². The molecular weight excluding hydrogens is 327 g/mol. The monoisotopic (exact) mass is 344 g/mol. The molecule has 2 rings (SSSR count). The molecule has 0 bridgehead atoms. The Kier molecular flexibility index (Phi) is 5.11. The minimum atomic E-state index is -1.60. The zero-order valence-electron chi connectivity index (χ0n) is 12.6. The van der Waals surface area contributed by atoms with Crippen LogP contribution in [0.2, 0.25) is 5.02 Å². The minimum absolute atomic E-state index is 0.0309. The van der Waals surface area contributed by atoms with Crippen molar-refractivity contribution >= 4 is 29.2 Å². The van der Waals surface area contributed by atoms with E-state index in [1.807, 2.05) is 0 Å². The maximum atomic E-state index is 13.6. The molecule has 0 aromatic heterocycles. The number of aliphatic hydroxyl groups is 1. The maximum Gasteiger partial charge on any atom is 0.338 e. The summed E-state index contributed by atoms with van der Waals surface area (Å²) in [4.78, 5) is 25.6. The van der Waals surface area contributed by atoms with Gasteiger partial charge in [-0.1, -0.05) is 11.6 Å². The van der Waals surface area contributed by atoms with Crippen molar-refractivity contribution in [3.8, 4) is 0 Å². The van der Waals surface area contributed by atoms with Crippen LogP contribution in [0.15, 0.2) is 12.1 Å². The number of nitrogen functional groups attached to an aromatic ring is 1. The molecule has 8 heteroatoms. The summed E-state index contributed by atoms with van der Waals surface area (Å²) in [7, 11) is 0. The van der Waals surface area contributed by atoms with Crippen LogP contribution in [0.25, 0.3) is 0 Å². The molecule has 1 aliphatic heterocycles. The quantitative estimate of drug-likeness (QED) is 0.641. The van der Waals surface area contributed by atoms with Gasteiger partial charge in [-0.15, -0.1) is 0 Å². The molecule has 1 heterocycles. The van der Waals surface area contributed by atoms with Gasteiger partial charge in [0.25, 0.3) is 5.91 Å². The topological polar surface area (TPSA) is 92.9 Å². The molecule has 1 fully saturated rings. The lowest BCUT2D eigenvalue weighted by molar-refractivity contribution is -0.169. The summed E-state index contributed by atoms with van der Waals surface area (Å²) in [5.74, 6) is -1.95. The summed E-state index contributed by atoms with van der Waals surface area (Å²) in [6, 6.07) is 2.33. The normalized spacial score (nSPS) is 17.0. The van der Waals surface area contributed by atoms with Crippen molar-refractivity contribution in [2.75, 3.05) is 25.4 Å². The summed E-state index contributed by atoms with van der Waals surface area (Å²) in [6.07, 6.45) is 0.0844. The first-order valence-corrected chi connectivity index (χ1v) is 7.59. The van der Waals surface area contributed by atoms with Crippen LogP contribution in [-0.4, -0.2) is 47.2 Å². The van der Waals surface area contributed by atoms with Crippen molar-refractivity contribution in [1.82, 2.24) is 4.90 Å². The van der Waals surface area contributed by atoms with E-state index in [-0.39, 0.29) is 48.8 Å². The molecule has 23 heavy (non-hydrogen) atoms. The van der Waals surface area contributed by atoms with Crippen LogP contribution in [-0.2, 0) is 9.53 Å². The third kappa shape index (κ3) is 3.56. The Labute approximate surface area is 138 Å². The van der Waals surface area contributed by atoms with Gasteiger partial charge in [-0.2, -0.15) is 0 Å². The predicted molar refractivity (Wildman–Crippen MR) is 82.5 cm³/mol. The van der Waals surface area contributed by atoms with Crippen molar-refractivity contribution < 1.29 is 23.8 Å². The number of amides is 1. The molecule has 1 aliphatic rings. The van der Waals surface area contributed by atoms with Gasteiger partial charge in [0, 0.05) is 31.0 Å². The van der Waals surface area contributed by atoms with Gasteiger partial charge in [0.1, 0.15) is 5.82 Å². The van der Waals surface area contributed by atoms with Crippen LogP contribution < -0.4 is 5.73 Å². The highest BCUT2D eigenvalue weighted by atomic mass is 35.5. The summed E-state index contributed by atoms with van der Waals surface area (Å²) < 4.78 is 18.4. The Hall–Kier alpha value is -1.86. The molecule has 0 unspecified atom stereocenters. The van der Waals surface area contributed by atoms with E-state index in [4.69, 9.17) is 22.1 Å². The zero-order chi connectivity index (χ0) is 17.2. The standard InChI is InChI=1S/C15H18ClFN2O4/c1-2-23-14(21)15(22)3-5-19(6-4-15)13(20)10-7-9(16)8-11(17)12(10)18/h7-8,22H,2-6,18H2,1H3. The van der Waals surface area contributed by atoms with Crippen molar-refractivity contribution in [2.45, 2.75) is 25.4 Å². The number of carbonyl (C=O) groups is 2. The van der Waals surface area contributed by atoms with Gasteiger partial charge in [-0.3, -0.25) is 4.79 Å². The number of hydrogen-bond donors (Lipinski definition) is 2. The van der Waals surface area contributed by atoms with E-state index in [0.29, 0.717) is 0 Å². The van der Waals surface area contributed by atoms with Crippen LogP contribution in [0.3, 0.4) is 0 Å². The fourth-order valence-electron chi connectivity index (χ4n) is 2.48. The van der Waals surface area contributed by atoms with Gasteiger partial charge < -0.3 is 20.5 Å². The van der Waals surface area contributed by atoms with E-state index < -0.39 is 23.3 Å². The Morgan fingerprint density at radius 1 is 1.43 bits per heavy atom. The van der Waals surface area contributed by atoms with Crippen LogP contribution >= 0.6 is 11.6 Å². The van der Waals surface area contributed by atoms with Gasteiger partial charge in [0.15, 0.2) is 5.60 Å². The number of nitrogens with two attached hydrogens (primary N) is 1. The minimum Gasteiger partial charge on any atom is -0.464 e. The molecule has 1 amide bonds. The first-order valence-electron chi connectivity index (χ1n) is 7.22. The highest BCUT2D eigenvalue weighted by Gasteiger charge is 2.42. The Balaban J connectivity index is 2.11. The highest BCUT2D eigenvalue weighted by Crippen LogP contribution is 2.28. The number of esters is 1. The number of hydrogen-bond acceptors (Lipinski definition) is 5. The average Bonchev–Trinajstić information content (AvgIpc) is 2.51. The first kappa shape index (κ1) is 17.5. The second-order valence-corrected chi connectivity index (χ2v) is 5.83. The molecule has 0 spiro atoms. The summed E-state index contributed by atoms with van der Waals surface area (Å²) in [5.41, 5.74) is 3.69. The summed E-state index contributed by atoms with van der Waals surface area (Å²) in [5, 5.41) is 10.3. The highest BCUT2D eigenvalue weighted by molar-refractivity contribution is 6.31. The summed E-state index contributed by atoms with van der Waals surface area (Å²) in [6.45, 7) is 2.07. The Bertz CT molecular complexity index is 630. The number of anilines is 1. The maximum absolute atomic E-state index is 13.6. The van der Waals surface area contributed by atoms with Gasteiger partial charge >= 0.3 is 5.97 Å². The third-order valence-electron chi connectivity index (χ3n) is 3.86. The molecule has 6 nitrogen and oxygen atoms in total. The first-order chi connectivity index (χ1) is 10.8. The second kappa shape index (κ2) is 6.72. The molecule has 0 radical (unpaired) electrons. The van der Waals surface area contributed by atoms with Crippen LogP contribution in [0.5, 0.6) is 0 Å². The van der Waals surface area contributed by atoms with Crippen molar-refractivity contribution in [2.24, 2.45) is 0 Å². The lowest BCUT2D eigenvalue weighted by atomic mass is 9.91. The Morgan fingerprint density at radius 3 is 2.61 bits per heavy atom. The average molecular weight is 345 g/mol. The number of carbonyl (C=O) groups excluding carboxylic acids is 2. The molecule has 126 valence electrons. The molecule has 1 saturated heterocycles. The van der Waals surface area contributed by atoms with E-state index in [1.165, 1.54) is 11.0 Å². The van der Waals surface area contributed by atoms with Gasteiger partial charge in [-0.25, -0.2) is 9.18 Å².